The van der Waals surface area contributed by atoms with Crippen LogP contribution in [0.15, 0.2) is 88.5 Å². The second kappa shape index (κ2) is 10.3. The second-order valence-electron chi connectivity index (χ2n) is 9.87. The third-order valence-corrected chi connectivity index (χ3v) is 5.91. The van der Waals surface area contributed by atoms with Crippen molar-refractivity contribution in [2.75, 3.05) is 23.9 Å². The third-order valence-electron chi connectivity index (χ3n) is 5.91. The molecular formula is C30H32N2O4. The maximum Gasteiger partial charge on any atom is 0.272 e. The van der Waals surface area contributed by atoms with Gasteiger partial charge in [-0.1, -0.05) is 43.3 Å². The minimum Gasteiger partial charge on any atom is -0.497 e. The van der Waals surface area contributed by atoms with Crippen LogP contribution in [0.1, 0.15) is 39.2 Å². The zero-order valence-electron chi connectivity index (χ0n) is 21.4. The highest BCUT2D eigenvalue weighted by atomic mass is 16.5. The van der Waals surface area contributed by atoms with Crippen molar-refractivity contribution in [3.63, 3.8) is 0 Å². The summed E-state index contributed by atoms with van der Waals surface area (Å²) in [6, 6.07) is 26.1. The molecule has 1 N–H and O–H groups in total. The highest BCUT2D eigenvalue weighted by Crippen LogP contribution is 2.33. The lowest BCUT2D eigenvalue weighted by Gasteiger charge is -2.29. The Balaban J connectivity index is 1.66. The topological polar surface area (TPSA) is 67.9 Å². The van der Waals surface area contributed by atoms with E-state index in [1.807, 2.05) is 75.4 Å². The lowest BCUT2D eigenvalue weighted by molar-refractivity contribution is 0.128. The summed E-state index contributed by atoms with van der Waals surface area (Å²) < 4.78 is 11.1. The molecule has 0 heterocycles. The summed E-state index contributed by atoms with van der Waals surface area (Å²) in [4.78, 5) is 26.6. The number of hydrogen-bond acceptors (Lipinski definition) is 6. The molecule has 0 spiro atoms. The van der Waals surface area contributed by atoms with Gasteiger partial charge in [0.15, 0.2) is 5.75 Å². The molecule has 4 rings (SSSR count). The van der Waals surface area contributed by atoms with Crippen LogP contribution < -0.4 is 30.5 Å². The summed E-state index contributed by atoms with van der Waals surface area (Å²) in [5.74, 6) is 1.13. The van der Waals surface area contributed by atoms with Gasteiger partial charge in [0.2, 0.25) is 0 Å². The molecule has 0 unspecified atom stereocenters. The molecule has 6 nitrogen and oxygen atoms in total. The Morgan fingerprint density at radius 1 is 0.861 bits per heavy atom. The maximum atomic E-state index is 12.3. The molecule has 4 aromatic carbocycles. The smallest absolute Gasteiger partial charge is 0.272 e. The summed E-state index contributed by atoms with van der Waals surface area (Å²) in [6.45, 7) is 8.46. The van der Waals surface area contributed by atoms with Crippen molar-refractivity contribution in [2.45, 2.75) is 39.2 Å². The molecule has 0 radical (unpaired) electrons. The minimum absolute atomic E-state index is 0.0858. The van der Waals surface area contributed by atoms with Crippen molar-refractivity contribution in [1.29, 1.82) is 0 Å². The van der Waals surface area contributed by atoms with Crippen LogP contribution in [0.2, 0.25) is 0 Å². The molecule has 0 aliphatic heterocycles. The fourth-order valence-corrected chi connectivity index (χ4v) is 4.07. The summed E-state index contributed by atoms with van der Waals surface area (Å²) in [6.07, 6.45) is 0. The SMILES string of the molecule is COc1ccc(N(C[C@H](C)c2ccccc2)c2cccc(Nc3c(OC(C)(C)C)c(=O)c3=O)c2)cc1. The molecule has 4 aromatic rings. The Morgan fingerprint density at radius 2 is 1.56 bits per heavy atom. The average molecular weight is 485 g/mol. The quantitative estimate of drug-likeness (QED) is 0.287. The van der Waals surface area contributed by atoms with Gasteiger partial charge in [0.1, 0.15) is 17.0 Å². The van der Waals surface area contributed by atoms with Gasteiger partial charge in [-0.3, -0.25) is 9.59 Å². The first kappa shape index (κ1) is 25.0. The first-order chi connectivity index (χ1) is 17.2. The molecule has 0 aromatic heterocycles. The van der Waals surface area contributed by atoms with E-state index < -0.39 is 16.5 Å². The number of rotatable bonds is 9. The van der Waals surface area contributed by atoms with Gasteiger partial charge in [0, 0.05) is 23.6 Å². The van der Waals surface area contributed by atoms with Crippen molar-refractivity contribution >= 4 is 22.7 Å². The van der Waals surface area contributed by atoms with Gasteiger partial charge >= 0.3 is 0 Å². The first-order valence-corrected chi connectivity index (χ1v) is 12.0. The van der Waals surface area contributed by atoms with Gasteiger partial charge in [-0.25, -0.2) is 0 Å². The predicted octanol–water partition coefficient (Wildman–Crippen LogP) is 6.15. The van der Waals surface area contributed by atoms with E-state index in [9.17, 15) is 9.59 Å². The molecule has 0 saturated heterocycles. The van der Waals surface area contributed by atoms with E-state index >= 15 is 0 Å². The lowest BCUT2D eigenvalue weighted by atomic mass is 10.00. The molecule has 0 aliphatic carbocycles. The van der Waals surface area contributed by atoms with E-state index in [0.717, 1.165) is 23.7 Å². The van der Waals surface area contributed by atoms with Crippen LogP contribution >= 0.6 is 0 Å². The summed E-state index contributed by atoms with van der Waals surface area (Å²) in [5, 5.41) is 3.12. The Labute approximate surface area is 211 Å². The molecule has 0 amide bonds. The van der Waals surface area contributed by atoms with Crippen LogP contribution in [0.5, 0.6) is 11.5 Å². The van der Waals surface area contributed by atoms with Crippen LogP contribution in [0.3, 0.4) is 0 Å². The van der Waals surface area contributed by atoms with Crippen LogP contribution in [0.25, 0.3) is 0 Å². The lowest BCUT2D eigenvalue weighted by Crippen LogP contribution is -2.39. The Kier molecular flexibility index (Phi) is 7.15. The fourth-order valence-electron chi connectivity index (χ4n) is 4.07. The summed E-state index contributed by atoms with van der Waals surface area (Å²) >= 11 is 0. The zero-order valence-corrected chi connectivity index (χ0v) is 21.4. The van der Waals surface area contributed by atoms with Gasteiger partial charge in [-0.2, -0.15) is 0 Å². The Bertz CT molecular complexity index is 1380. The largest absolute Gasteiger partial charge is 0.497 e. The second-order valence-corrected chi connectivity index (χ2v) is 9.87. The molecule has 0 fully saturated rings. The maximum absolute atomic E-state index is 12.3. The summed E-state index contributed by atoms with van der Waals surface area (Å²) in [7, 11) is 1.65. The molecule has 36 heavy (non-hydrogen) atoms. The van der Waals surface area contributed by atoms with E-state index in [1.54, 1.807) is 7.11 Å². The van der Waals surface area contributed by atoms with E-state index in [2.05, 4.69) is 41.4 Å². The molecular weight excluding hydrogens is 452 g/mol. The van der Waals surface area contributed by atoms with Crippen molar-refractivity contribution in [2.24, 2.45) is 0 Å². The van der Waals surface area contributed by atoms with Crippen molar-refractivity contribution in [3.8, 4) is 11.5 Å². The fraction of sp³-hybridized carbons (Fsp3) is 0.267. The molecule has 0 aliphatic rings. The average Bonchev–Trinajstić information content (AvgIpc) is 2.89. The van der Waals surface area contributed by atoms with Crippen LogP contribution in [0, 0.1) is 0 Å². The predicted molar refractivity (Wildman–Crippen MR) is 146 cm³/mol. The number of hydrogen-bond donors (Lipinski definition) is 1. The zero-order chi connectivity index (χ0) is 25.9. The highest BCUT2D eigenvalue weighted by Gasteiger charge is 2.27. The number of benzene rings is 3. The molecule has 0 bridgehead atoms. The molecule has 6 heteroatoms. The third kappa shape index (κ3) is 5.60. The van der Waals surface area contributed by atoms with Gasteiger partial charge in [0.05, 0.1) is 7.11 Å². The first-order valence-electron chi connectivity index (χ1n) is 12.0. The van der Waals surface area contributed by atoms with Gasteiger partial charge in [-0.15, -0.1) is 0 Å². The van der Waals surface area contributed by atoms with Gasteiger partial charge in [0.25, 0.3) is 10.9 Å². The number of ether oxygens (including phenoxy) is 2. The Morgan fingerprint density at radius 3 is 2.19 bits per heavy atom. The molecule has 1 atom stereocenters. The monoisotopic (exact) mass is 484 g/mol. The molecule has 0 saturated carbocycles. The molecule has 186 valence electrons. The highest BCUT2D eigenvalue weighted by molar-refractivity contribution is 5.74. The normalized spacial score (nSPS) is 12.2. The standard InChI is InChI=1S/C30H32N2O4/c1-20(21-10-7-6-8-11-21)19-32(23-14-16-25(35-5)17-15-23)24-13-9-12-22(18-24)31-26-27(33)28(34)29(26)36-30(2,3)4/h6-18,20,31H,19H2,1-5H3/t20-/m0/s1. The number of nitrogens with one attached hydrogen (secondary N) is 1. The van der Waals surface area contributed by atoms with E-state index in [0.29, 0.717) is 5.69 Å². The van der Waals surface area contributed by atoms with Crippen LogP contribution in [-0.4, -0.2) is 19.3 Å². The van der Waals surface area contributed by atoms with Crippen molar-refractivity contribution in [1.82, 2.24) is 0 Å². The van der Waals surface area contributed by atoms with Crippen molar-refractivity contribution < 1.29 is 9.47 Å². The van der Waals surface area contributed by atoms with E-state index in [4.69, 9.17) is 9.47 Å². The number of nitrogens with zero attached hydrogens (tertiary/aromatic N) is 1. The van der Waals surface area contributed by atoms with Gasteiger partial charge in [-0.05, 0) is 74.7 Å². The van der Waals surface area contributed by atoms with Crippen LogP contribution in [0.4, 0.5) is 22.7 Å². The van der Waals surface area contributed by atoms with E-state index in [-0.39, 0.29) is 17.4 Å². The number of anilines is 4. The van der Waals surface area contributed by atoms with Crippen LogP contribution in [-0.2, 0) is 0 Å². The Hall–Kier alpha value is -4.06. The number of methoxy groups -OCH3 is 1. The summed E-state index contributed by atoms with van der Waals surface area (Å²) in [5.41, 5.74) is 2.36. The van der Waals surface area contributed by atoms with Crippen molar-refractivity contribution in [3.05, 3.63) is 105 Å². The van der Waals surface area contributed by atoms with E-state index in [1.165, 1.54) is 5.56 Å². The van der Waals surface area contributed by atoms with Gasteiger partial charge < -0.3 is 19.7 Å². The minimum atomic E-state index is -0.597.